The molecule has 9 atom stereocenters. The van der Waals surface area contributed by atoms with Gasteiger partial charge in [-0.15, -0.1) is 0 Å². The van der Waals surface area contributed by atoms with Gasteiger partial charge in [0.2, 0.25) is 5.79 Å². The van der Waals surface area contributed by atoms with E-state index in [1.165, 1.54) is 0 Å². The van der Waals surface area contributed by atoms with E-state index in [1.807, 2.05) is 0 Å². The van der Waals surface area contributed by atoms with Gasteiger partial charge in [0.05, 0.1) is 19.3 Å². The number of ether oxygens (including phenoxy) is 3. The number of azide groups is 1. The number of nitrogens with zero attached hydrogens (tertiary/aromatic N) is 3. The van der Waals surface area contributed by atoms with Gasteiger partial charge in [-0.3, -0.25) is 0 Å². The molecular weight excluding hydrogens is 346 g/mol. The summed E-state index contributed by atoms with van der Waals surface area (Å²) in [5.41, 5.74) is 8.34. The van der Waals surface area contributed by atoms with Gasteiger partial charge < -0.3 is 50.0 Å². The average molecular weight is 367 g/mol. The minimum atomic E-state index is -2.25. The van der Waals surface area contributed by atoms with Crippen LogP contribution in [0.25, 0.3) is 10.4 Å². The fourth-order valence-corrected chi connectivity index (χ4v) is 2.75. The van der Waals surface area contributed by atoms with Crippen molar-refractivity contribution in [2.45, 2.75) is 54.8 Å². The molecule has 0 aliphatic carbocycles. The molecule has 13 heteroatoms. The molecule has 2 fully saturated rings. The van der Waals surface area contributed by atoms with Crippen LogP contribution in [0.4, 0.5) is 0 Å². The highest BCUT2D eigenvalue weighted by Gasteiger charge is 2.58. The van der Waals surface area contributed by atoms with Crippen molar-refractivity contribution in [2.75, 3.05) is 19.8 Å². The van der Waals surface area contributed by atoms with E-state index in [9.17, 15) is 30.6 Å². The second-order valence-electron chi connectivity index (χ2n) is 5.79. The lowest BCUT2D eigenvalue weighted by atomic mass is 9.98. The predicted molar refractivity (Wildman–Crippen MR) is 75.6 cm³/mol. The topological polar surface area (TPSA) is 218 Å². The summed E-state index contributed by atoms with van der Waals surface area (Å²) in [6.07, 6.45) is -12.7. The highest BCUT2D eigenvalue weighted by atomic mass is 16.8. The molecule has 0 aromatic carbocycles. The first-order valence-electron chi connectivity index (χ1n) is 7.45. The molecule has 0 amide bonds. The Balaban J connectivity index is 2.19. The summed E-state index contributed by atoms with van der Waals surface area (Å²) >= 11 is 0. The molecule has 2 heterocycles. The van der Waals surface area contributed by atoms with Crippen LogP contribution in [0.15, 0.2) is 5.11 Å². The molecule has 3 unspecified atom stereocenters. The summed E-state index contributed by atoms with van der Waals surface area (Å²) in [4.78, 5) is 2.49. The van der Waals surface area contributed by atoms with Crippen LogP contribution >= 0.6 is 0 Å². The zero-order valence-corrected chi connectivity index (χ0v) is 12.9. The minimum absolute atomic E-state index is 0.390. The molecule has 144 valence electrons. The Morgan fingerprint density at radius 3 is 2.20 bits per heavy atom. The molecule has 13 nitrogen and oxygen atoms in total. The van der Waals surface area contributed by atoms with Crippen molar-refractivity contribution < 1.29 is 50.0 Å². The van der Waals surface area contributed by atoms with Crippen molar-refractivity contribution in [2.24, 2.45) is 5.11 Å². The molecule has 2 aliphatic heterocycles. The van der Waals surface area contributed by atoms with E-state index < -0.39 is 74.6 Å². The van der Waals surface area contributed by atoms with Gasteiger partial charge in [-0.2, -0.15) is 0 Å². The first-order chi connectivity index (χ1) is 11.8. The third-order valence-electron chi connectivity index (χ3n) is 4.22. The van der Waals surface area contributed by atoms with E-state index in [2.05, 4.69) is 10.0 Å². The zero-order valence-electron chi connectivity index (χ0n) is 12.9. The summed E-state index contributed by atoms with van der Waals surface area (Å²) < 4.78 is 15.7. The SMILES string of the molecule is [N-]=[N+]=NCC1O[C@H](O[C@]2(CO)O[C@H](CO)C(O)[C@H]2O)C(O)[C@@H](O)[C@@H]1O. The first kappa shape index (κ1) is 20.2. The van der Waals surface area contributed by atoms with Crippen molar-refractivity contribution in [3.8, 4) is 0 Å². The average Bonchev–Trinajstić information content (AvgIpc) is 2.86. The van der Waals surface area contributed by atoms with Crippen LogP contribution in [0, 0.1) is 0 Å². The summed E-state index contributed by atoms with van der Waals surface area (Å²) in [6.45, 7) is -2.05. The van der Waals surface area contributed by atoms with Gasteiger partial charge in [-0.05, 0) is 5.53 Å². The molecule has 0 aromatic heterocycles. The fraction of sp³-hybridized carbons (Fsp3) is 1.00. The highest BCUT2D eigenvalue weighted by Crippen LogP contribution is 2.35. The molecule has 25 heavy (non-hydrogen) atoms. The van der Waals surface area contributed by atoms with Crippen LogP contribution in [-0.4, -0.2) is 110 Å². The van der Waals surface area contributed by atoms with E-state index in [-0.39, 0.29) is 0 Å². The predicted octanol–water partition coefficient (Wildman–Crippen LogP) is -4.08. The van der Waals surface area contributed by atoms with E-state index in [0.29, 0.717) is 0 Å². The van der Waals surface area contributed by atoms with Gasteiger partial charge in [0.15, 0.2) is 6.29 Å². The van der Waals surface area contributed by atoms with Crippen LogP contribution in [0.2, 0.25) is 0 Å². The van der Waals surface area contributed by atoms with Gasteiger partial charge >= 0.3 is 0 Å². The van der Waals surface area contributed by atoms with Gasteiger partial charge in [0, 0.05) is 4.91 Å². The second-order valence-corrected chi connectivity index (χ2v) is 5.79. The van der Waals surface area contributed by atoms with E-state index in [1.54, 1.807) is 0 Å². The molecule has 0 radical (unpaired) electrons. The monoisotopic (exact) mass is 367 g/mol. The zero-order chi connectivity index (χ0) is 18.8. The number of aliphatic hydroxyl groups excluding tert-OH is 7. The van der Waals surface area contributed by atoms with Crippen LogP contribution in [0.3, 0.4) is 0 Å². The highest BCUT2D eigenvalue weighted by molar-refractivity contribution is 4.98. The Hall–Kier alpha value is -1.09. The lowest BCUT2D eigenvalue weighted by Gasteiger charge is -2.43. The Bertz CT molecular complexity index is 506. The second kappa shape index (κ2) is 8.07. The summed E-state index contributed by atoms with van der Waals surface area (Å²) in [6, 6.07) is 0. The lowest BCUT2D eigenvalue weighted by molar-refractivity contribution is -0.381. The maximum atomic E-state index is 10.1. The molecule has 7 N–H and O–H groups in total. The molecule has 0 saturated carbocycles. The number of aliphatic hydroxyl groups is 7. The minimum Gasteiger partial charge on any atom is -0.394 e. The van der Waals surface area contributed by atoms with Gasteiger partial charge in [-0.25, -0.2) is 0 Å². The quantitative estimate of drug-likeness (QED) is 0.137. The molecule has 2 rings (SSSR count). The third kappa shape index (κ3) is 3.72. The van der Waals surface area contributed by atoms with Crippen molar-refractivity contribution in [3.05, 3.63) is 10.4 Å². The van der Waals surface area contributed by atoms with Gasteiger partial charge in [0.1, 0.15) is 43.2 Å². The van der Waals surface area contributed by atoms with Crippen molar-refractivity contribution in [1.82, 2.24) is 0 Å². The van der Waals surface area contributed by atoms with E-state index in [4.69, 9.17) is 24.8 Å². The number of hydrogen-bond acceptors (Lipinski definition) is 11. The maximum Gasteiger partial charge on any atom is 0.224 e. The number of hydrogen-bond donors (Lipinski definition) is 7. The normalized spacial score (nSPS) is 47.5. The summed E-state index contributed by atoms with van der Waals surface area (Å²) in [5, 5.41) is 71.5. The molecule has 0 bridgehead atoms. The molecular formula is C12H21N3O10. The third-order valence-corrected chi connectivity index (χ3v) is 4.22. The van der Waals surface area contributed by atoms with E-state index in [0.717, 1.165) is 0 Å². The van der Waals surface area contributed by atoms with Crippen LogP contribution < -0.4 is 0 Å². The van der Waals surface area contributed by atoms with Gasteiger partial charge in [-0.1, -0.05) is 5.11 Å². The Labute approximate surface area is 141 Å². The molecule has 2 aliphatic rings. The lowest BCUT2D eigenvalue weighted by Crippen LogP contribution is -2.62. The first-order valence-corrected chi connectivity index (χ1v) is 7.45. The molecule has 0 spiro atoms. The largest absolute Gasteiger partial charge is 0.394 e. The van der Waals surface area contributed by atoms with E-state index >= 15 is 0 Å². The summed E-state index contributed by atoms with van der Waals surface area (Å²) in [5.74, 6) is -2.25. The smallest absolute Gasteiger partial charge is 0.224 e. The van der Waals surface area contributed by atoms with Crippen LogP contribution in [0.1, 0.15) is 0 Å². The maximum absolute atomic E-state index is 10.1. The fourth-order valence-electron chi connectivity index (χ4n) is 2.75. The van der Waals surface area contributed by atoms with Crippen molar-refractivity contribution in [1.29, 1.82) is 0 Å². The number of rotatable bonds is 6. The van der Waals surface area contributed by atoms with Gasteiger partial charge in [0.25, 0.3) is 0 Å². The van der Waals surface area contributed by atoms with Crippen LogP contribution in [-0.2, 0) is 14.2 Å². The Morgan fingerprint density at radius 1 is 1.00 bits per heavy atom. The standard InChI is InChI=1S/C12H21N3O10/c13-15-14-1-4-6(18)8(20)9(21)11(23-4)25-12(3-17)10(22)7(19)5(2-16)24-12/h4-11,16-22H,1-3H2/t4?,5-,6-,7?,8+,9?,10-,11-,12+/m1/s1. The molecule has 0 aromatic rings. The Morgan fingerprint density at radius 2 is 1.68 bits per heavy atom. The molecule has 2 saturated heterocycles. The van der Waals surface area contributed by atoms with Crippen molar-refractivity contribution in [3.63, 3.8) is 0 Å². The van der Waals surface area contributed by atoms with Crippen molar-refractivity contribution >= 4 is 0 Å². The Kier molecular flexibility index (Phi) is 6.53. The summed E-state index contributed by atoms with van der Waals surface area (Å²) in [7, 11) is 0. The van der Waals surface area contributed by atoms with Crippen LogP contribution in [0.5, 0.6) is 0 Å².